The van der Waals surface area contributed by atoms with E-state index in [2.05, 4.69) is 10.3 Å². The van der Waals surface area contributed by atoms with E-state index in [1.807, 2.05) is 29.6 Å². The van der Waals surface area contributed by atoms with E-state index in [9.17, 15) is 9.59 Å². The van der Waals surface area contributed by atoms with Crippen molar-refractivity contribution in [3.8, 4) is 10.6 Å². The number of carbonyl (C=O) groups is 2. The molecule has 0 spiro atoms. The van der Waals surface area contributed by atoms with Crippen molar-refractivity contribution in [1.82, 2.24) is 15.2 Å². The van der Waals surface area contributed by atoms with Gasteiger partial charge in [0.15, 0.2) is 0 Å². The lowest BCUT2D eigenvalue weighted by Crippen LogP contribution is -2.30. The molecule has 1 fully saturated rings. The number of aromatic nitrogens is 1. The highest BCUT2D eigenvalue weighted by atomic mass is 35.5. The zero-order valence-corrected chi connectivity index (χ0v) is 12.6. The van der Waals surface area contributed by atoms with E-state index in [0.717, 1.165) is 21.8 Å². The molecule has 1 saturated heterocycles. The molecule has 0 saturated carbocycles. The zero-order chi connectivity index (χ0) is 14.8. The summed E-state index contributed by atoms with van der Waals surface area (Å²) in [7, 11) is 0. The fourth-order valence-corrected chi connectivity index (χ4v) is 3.11. The number of carbonyl (C=O) groups excluding carboxylic acids is 2. The maximum Gasteiger partial charge on any atom is 0.324 e. The molecule has 0 radical (unpaired) electrons. The summed E-state index contributed by atoms with van der Waals surface area (Å²) < 4.78 is 0. The first kappa shape index (κ1) is 14.0. The lowest BCUT2D eigenvalue weighted by molar-refractivity contribution is -0.125. The fraction of sp³-hybridized carbons (Fsp3) is 0.214. The number of rotatable bonds is 4. The van der Waals surface area contributed by atoms with Crippen molar-refractivity contribution in [2.75, 3.05) is 6.54 Å². The van der Waals surface area contributed by atoms with Crippen LogP contribution in [0.2, 0.25) is 0 Å². The monoisotopic (exact) mass is 321 g/mol. The Morgan fingerprint density at radius 1 is 1.29 bits per heavy atom. The highest BCUT2D eigenvalue weighted by Crippen LogP contribution is 2.25. The van der Waals surface area contributed by atoms with Crippen LogP contribution in [-0.4, -0.2) is 28.4 Å². The molecule has 0 aliphatic carbocycles. The van der Waals surface area contributed by atoms with Gasteiger partial charge in [0.1, 0.15) is 5.01 Å². The van der Waals surface area contributed by atoms with E-state index < -0.39 is 0 Å². The van der Waals surface area contributed by atoms with Crippen LogP contribution in [0.15, 0.2) is 29.6 Å². The summed E-state index contributed by atoms with van der Waals surface area (Å²) in [6.07, 6.45) is 0. The lowest BCUT2D eigenvalue weighted by Gasteiger charge is -2.12. The number of benzene rings is 1. The average Bonchev–Trinajstić information content (AvgIpc) is 3.10. The third kappa shape index (κ3) is 2.91. The molecule has 0 bridgehead atoms. The van der Waals surface area contributed by atoms with Crippen molar-refractivity contribution >= 4 is 34.9 Å². The van der Waals surface area contributed by atoms with Gasteiger partial charge in [-0.3, -0.25) is 9.69 Å². The molecule has 5 nitrogen and oxygen atoms in total. The Hall–Kier alpha value is -1.92. The summed E-state index contributed by atoms with van der Waals surface area (Å²) in [5.41, 5.74) is 2.76. The molecule has 1 aliphatic rings. The third-order valence-electron chi connectivity index (χ3n) is 3.17. The van der Waals surface area contributed by atoms with Crippen LogP contribution in [0.25, 0.3) is 10.6 Å². The van der Waals surface area contributed by atoms with Crippen molar-refractivity contribution in [1.29, 1.82) is 0 Å². The molecule has 1 aliphatic heterocycles. The van der Waals surface area contributed by atoms with Crippen molar-refractivity contribution in [3.63, 3.8) is 0 Å². The summed E-state index contributed by atoms with van der Waals surface area (Å²) >= 11 is 7.29. The molecule has 21 heavy (non-hydrogen) atoms. The first-order chi connectivity index (χ1) is 10.2. The van der Waals surface area contributed by atoms with E-state index in [0.29, 0.717) is 5.88 Å². The summed E-state index contributed by atoms with van der Waals surface area (Å²) in [5.74, 6) is 0.205. The van der Waals surface area contributed by atoms with Crippen LogP contribution in [0.3, 0.4) is 0 Å². The number of alkyl halides is 1. The highest BCUT2D eigenvalue weighted by molar-refractivity contribution is 7.13. The molecular weight excluding hydrogens is 310 g/mol. The molecule has 2 aromatic rings. The average molecular weight is 322 g/mol. The smallest absolute Gasteiger partial charge is 0.324 e. The first-order valence-corrected chi connectivity index (χ1v) is 7.76. The van der Waals surface area contributed by atoms with Gasteiger partial charge >= 0.3 is 6.03 Å². The van der Waals surface area contributed by atoms with Crippen LogP contribution in [0.5, 0.6) is 0 Å². The highest BCUT2D eigenvalue weighted by Gasteiger charge is 2.28. The summed E-state index contributed by atoms with van der Waals surface area (Å²) in [5, 5.41) is 5.35. The number of hydrogen-bond acceptors (Lipinski definition) is 4. The van der Waals surface area contributed by atoms with E-state index in [4.69, 9.17) is 11.6 Å². The predicted molar refractivity (Wildman–Crippen MR) is 81.1 cm³/mol. The van der Waals surface area contributed by atoms with Gasteiger partial charge in [0, 0.05) is 10.9 Å². The summed E-state index contributed by atoms with van der Waals surface area (Å²) in [4.78, 5) is 28.6. The minimum Gasteiger partial charge on any atom is -0.329 e. The molecule has 1 aromatic heterocycles. The minimum absolute atomic E-state index is 0.0806. The fourth-order valence-electron chi connectivity index (χ4n) is 2.05. The first-order valence-electron chi connectivity index (χ1n) is 6.35. The van der Waals surface area contributed by atoms with Crippen LogP contribution in [-0.2, 0) is 17.2 Å². The molecule has 3 amide bonds. The Morgan fingerprint density at radius 2 is 2.05 bits per heavy atom. The largest absolute Gasteiger partial charge is 0.329 e. The predicted octanol–water partition coefficient (Wildman–Crippen LogP) is 2.60. The van der Waals surface area contributed by atoms with Gasteiger partial charge in [0.25, 0.3) is 0 Å². The SMILES string of the molecule is O=C1CNC(=O)N1Cc1ccc(-c2nc(CCl)cs2)cc1. The molecule has 108 valence electrons. The number of imide groups is 1. The second-order valence-electron chi connectivity index (χ2n) is 4.61. The van der Waals surface area contributed by atoms with E-state index >= 15 is 0 Å². The van der Waals surface area contributed by atoms with Crippen LogP contribution >= 0.6 is 22.9 Å². The Labute approximate surface area is 130 Å². The normalized spacial score (nSPS) is 14.6. The maximum atomic E-state index is 11.5. The number of urea groups is 1. The second kappa shape index (κ2) is 5.83. The van der Waals surface area contributed by atoms with Crippen molar-refractivity contribution < 1.29 is 9.59 Å². The van der Waals surface area contributed by atoms with Gasteiger partial charge in [-0.05, 0) is 5.56 Å². The number of hydrogen-bond donors (Lipinski definition) is 1. The van der Waals surface area contributed by atoms with E-state index in [1.165, 1.54) is 4.90 Å². The molecule has 1 aromatic carbocycles. The van der Waals surface area contributed by atoms with Gasteiger partial charge in [-0.15, -0.1) is 22.9 Å². The number of thiazole rings is 1. The molecular formula is C14H12ClN3O2S. The lowest BCUT2D eigenvalue weighted by atomic mass is 10.1. The van der Waals surface area contributed by atoms with Crippen molar-refractivity contribution in [2.45, 2.75) is 12.4 Å². The van der Waals surface area contributed by atoms with Crippen LogP contribution in [0, 0.1) is 0 Å². The van der Waals surface area contributed by atoms with Gasteiger partial charge in [-0.25, -0.2) is 9.78 Å². The van der Waals surface area contributed by atoms with E-state index in [1.54, 1.807) is 11.3 Å². The Bertz CT molecular complexity index is 668. The Kier molecular flexibility index (Phi) is 3.90. The van der Waals surface area contributed by atoms with Gasteiger partial charge in [-0.2, -0.15) is 0 Å². The van der Waals surface area contributed by atoms with E-state index in [-0.39, 0.29) is 25.0 Å². The Balaban J connectivity index is 1.75. The van der Waals surface area contributed by atoms with Gasteiger partial charge in [-0.1, -0.05) is 24.3 Å². The van der Waals surface area contributed by atoms with Crippen molar-refractivity contribution in [2.24, 2.45) is 0 Å². The molecule has 1 N–H and O–H groups in total. The molecule has 2 heterocycles. The second-order valence-corrected chi connectivity index (χ2v) is 5.74. The topological polar surface area (TPSA) is 62.3 Å². The molecule has 0 unspecified atom stereocenters. The number of nitrogens with one attached hydrogen (secondary N) is 1. The maximum absolute atomic E-state index is 11.5. The molecule has 3 rings (SSSR count). The number of halogens is 1. The summed E-state index contributed by atoms with van der Waals surface area (Å²) in [6, 6.07) is 7.33. The Morgan fingerprint density at radius 3 is 2.62 bits per heavy atom. The van der Waals surface area contributed by atoms with Gasteiger partial charge in [0.05, 0.1) is 24.7 Å². The molecule has 0 atom stereocenters. The van der Waals surface area contributed by atoms with Crippen LogP contribution in [0.1, 0.15) is 11.3 Å². The van der Waals surface area contributed by atoms with Gasteiger partial charge in [0.2, 0.25) is 5.91 Å². The number of nitrogens with zero attached hydrogens (tertiary/aromatic N) is 2. The minimum atomic E-state index is -0.337. The van der Waals surface area contributed by atoms with Crippen LogP contribution in [0.4, 0.5) is 4.79 Å². The zero-order valence-electron chi connectivity index (χ0n) is 11.0. The standard InChI is InChI=1S/C14H12ClN3O2S/c15-5-11-8-21-13(17-11)10-3-1-9(2-4-10)7-18-12(19)6-16-14(18)20/h1-4,8H,5-7H2,(H,16,20). The number of amides is 3. The summed E-state index contributed by atoms with van der Waals surface area (Å²) in [6.45, 7) is 0.368. The van der Waals surface area contributed by atoms with Crippen molar-refractivity contribution in [3.05, 3.63) is 40.9 Å². The third-order valence-corrected chi connectivity index (χ3v) is 4.38. The quantitative estimate of drug-likeness (QED) is 0.695. The van der Waals surface area contributed by atoms with Crippen LogP contribution < -0.4 is 5.32 Å². The molecule has 7 heteroatoms. The van der Waals surface area contributed by atoms with Gasteiger partial charge < -0.3 is 5.32 Å².